The van der Waals surface area contributed by atoms with Gasteiger partial charge >= 0.3 is 0 Å². The van der Waals surface area contributed by atoms with E-state index in [9.17, 15) is 10.1 Å². The van der Waals surface area contributed by atoms with Crippen LogP contribution in [0.2, 0.25) is 0 Å². The van der Waals surface area contributed by atoms with Gasteiger partial charge in [-0.3, -0.25) is 0 Å². The third-order valence-electron chi connectivity index (χ3n) is 1.29. The van der Waals surface area contributed by atoms with Crippen LogP contribution in [0.5, 0.6) is 5.75 Å². The number of anilines is 1. The van der Waals surface area contributed by atoms with Crippen LogP contribution in [0.1, 0.15) is 0 Å². The largest absolute Gasteiger partial charge is 0.497 e. The average Bonchev–Trinajstić information content (AvgIpc) is 2.03. The lowest BCUT2D eigenvalue weighted by Gasteiger charge is -2.00. The summed E-state index contributed by atoms with van der Waals surface area (Å²) in [5.74, 6) is 0.585. The van der Waals surface area contributed by atoms with Gasteiger partial charge in [-0.1, -0.05) is 6.07 Å². The van der Waals surface area contributed by atoms with Crippen molar-refractivity contribution in [3.63, 3.8) is 0 Å². The summed E-state index contributed by atoms with van der Waals surface area (Å²) in [4.78, 5) is 10.0. The molecule has 0 radical (unpaired) electrons. The summed E-state index contributed by atoms with van der Waals surface area (Å²) in [5, 5.41) is 9.41. The lowest BCUT2D eigenvalue weighted by atomic mass is 10.3. The van der Waals surface area contributed by atoms with Crippen molar-refractivity contribution in [3.05, 3.63) is 34.4 Å². The topological polar surface area (TPSA) is 64.4 Å². The molecule has 1 rings (SSSR count). The molecule has 1 aromatic carbocycles. The van der Waals surface area contributed by atoms with Gasteiger partial charge in [-0.2, -0.15) is 0 Å². The van der Waals surface area contributed by atoms with E-state index in [1.54, 1.807) is 24.3 Å². The van der Waals surface area contributed by atoms with Gasteiger partial charge in [0, 0.05) is 6.07 Å². The van der Waals surface area contributed by atoms with E-state index in [2.05, 4.69) is 0 Å². The maximum atomic E-state index is 10.0. The summed E-state index contributed by atoms with van der Waals surface area (Å²) in [5.41, 5.74) is 2.42. The normalized spacial score (nSPS) is 9.08. The van der Waals surface area contributed by atoms with E-state index in [0.717, 1.165) is 0 Å². The first-order chi connectivity index (χ1) is 5.72. The van der Waals surface area contributed by atoms with Crippen LogP contribution in [0.25, 0.3) is 0 Å². The van der Waals surface area contributed by atoms with Crippen molar-refractivity contribution in [3.8, 4) is 5.75 Å². The Morgan fingerprint density at radius 3 is 2.92 bits per heavy atom. The molecule has 1 aromatic rings. The lowest BCUT2D eigenvalue weighted by Crippen LogP contribution is -2.07. The first kappa shape index (κ1) is 8.32. The molecule has 5 heteroatoms. The number of ether oxygens (including phenoxy) is 1. The molecule has 0 aromatic heterocycles. The number of nitrogens with one attached hydrogen (secondary N) is 1. The van der Waals surface area contributed by atoms with Crippen molar-refractivity contribution in [2.24, 2.45) is 0 Å². The van der Waals surface area contributed by atoms with Gasteiger partial charge in [-0.15, -0.1) is 5.43 Å². The highest BCUT2D eigenvalue weighted by Crippen LogP contribution is 2.15. The summed E-state index contributed by atoms with van der Waals surface area (Å²) < 4.78 is 4.87. The first-order valence-electron chi connectivity index (χ1n) is 3.27. The van der Waals surface area contributed by atoms with Crippen molar-refractivity contribution in [2.75, 3.05) is 12.5 Å². The van der Waals surface area contributed by atoms with Crippen LogP contribution in [0.4, 0.5) is 5.69 Å². The quantitative estimate of drug-likeness (QED) is 0.545. The second-order valence-corrected chi connectivity index (χ2v) is 2.10. The Labute approximate surface area is 69.1 Å². The molecule has 0 bridgehead atoms. The molecular formula is C7H8N2O3. The van der Waals surface area contributed by atoms with Crippen molar-refractivity contribution >= 4 is 5.69 Å². The predicted octanol–water partition coefficient (Wildman–Crippen LogP) is 1.30. The van der Waals surface area contributed by atoms with E-state index < -0.39 is 5.03 Å². The molecule has 12 heavy (non-hydrogen) atoms. The Kier molecular flexibility index (Phi) is 2.47. The lowest BCUT2D eigenvalue weighted by molar-refractivity contribution is -0.445. The number of nitrogens with zero attached hydrogens (tertiary/aromatic N) is 1. The smallest absolute Gasteiger partial charge is 0.162 e. The van der Waals surface area contributed by atoms with Crippen molar-refractivity contribution < 1.29 is 9.77 Å². The van der Waals surface area contributed by atoms with E-state index in [-0.39, 0.29) is 0 Å². The van der Waals surface area contributed by atoms with Crippen LogP contribution in [0.15, 0.2) is 24.3 Å². The summed E-state index contributed by atoms with van der Waals surface area (Å²) in [6.07, 6.45) is 0. The highest BCUT2D eigenvalue weighted by molar-refractivity contribution is 5.46. The summed E-state index contributed by atoms with van der Waals surface area (Å²) in [6.45, 7) is 0. The standard InChI is InChI=1S/C7H8N2O3/c1-12-7-4-2-3-6(5-7)8-9(10)11/h2-5,8H,1H3. The van der Waals surface area contributed by atoms with Crippen molar-refractivity contribution in [2.45, 2.75) is 0 Å². The Hall–Kier alpha value is -1.78. The zero-order chi connectivity index (χ0) is 8.97. The number of hydrogen-bond acceptors (Lipinski definition) is 3. The van der Waals surface area contributed by atoms with Crippen molar-refractivity contribution in [1.29, 1.82) is 0 Å². The Morgan fingerprint density at radius 2 is 2.33 bits per heavy atom. The van der Waals surface area contributed by atoms with E-state index in [4.69, 9.17) is 4.74 Å². The molecule has 0 aliphatic heterocycles. The zero-order valence-electron chi connectivity index (χ0n) is 6.48. The molecule has 0 atom stereocenters. The van der Waals surface area contributed by atoms with E-state index >= 15 is 0 Å². The maximum Gasteiger partial charge on any atom is 0.162 e. The number of nitro groups is 1. The SMILES string of the molecule is COc1cccc(N[N+](=O)[O-])c1. The number of methoxy groups -OCH3 is 1. The fraction of sp³-hybridized carbons (Fsp3) is 0.143. The highest BCUT2D eigenvalue weighted by Gasteiger charge is 1.99. The zero-order valence-corrected chi connectivity index (χ0v) is 6.48. The molecule has 0 unspecified atom stereocenters. The van der Waals surface area contributed by atoms with Gasteiger partial charge in [0.25, 0.3) is 0 Å². The van der Waals surface area contributed by atoms with Gasteiger partial charge in [0.05, 0.1) is 7.11 Å². The number of benzene rings is 1. The van der Waals surface area contributed by atoms with Crippen molar-refractivity contribution in [1.82, 2.24) is 0 Å². The minimum absolute atomic E-state index is 0.402. The minimum Gasteiger partial charge on any atom is -0.497 e. The monoisotopic (exact) mass is 168 g/mol. The Morgan fingerprint density at radius 1 is 1.58 bits per heavy atom. The number of hydrazine groups is 1. The maximum absolute atomic E-state index is 10.0. The fourth-order valence-electron chi connectivity index (χ4n) is 0.798. The van der Waals surface area contributed by atoms with Crippen LogP contribution < -0.4 is 10.2 Å². The molecular weight excluding hydrogens is 160 g/mol. The molecule has 0 fully saturated rings. The number of hydrogen-bond donors (Lipinski definition) is 1. The van der Waals surface area contributed by atoms with Gasteiger partial charge in [-0.05, 0) is 12.1 Å². The van der Waals surface area contributed by atoms with Crippen LogP contribution in [-0.4, -0.2) is 12.1 Å². The molecule has 1 N–H and O–H groups in total. The second kappa shape index (κ2) is 3.56. The van der Waals surface area contributed by atoms with E-state index in [0.29, 0.717) is 11.4 Å². The van der Waals surface area contributed by atoms with E-state index in [1.165, 1.54) is 7.11 Å². The summed E-state index contributed by atoms with van der Waals surface area (Å²) >= 11 is 0. The molecule has 0 aliphatic carbocycles. The highest BCUT2D eigenvalue weighted by atomic mass is 16.7. The third kappa shape index (κ3) is 2.12. The molecule has 5 nitrogen and oxygen atoms in total. The van der Waals surface area contributed by atoms with Crippen LogP contribution in [0, 0.1) is 10.1 Å². The minimum atomic E-state index is -0.616. The Bertz CT molecular complexity index is 288. The number of rotatable bonds is 3. The fourth-order valence-corrected chi connectivity index (χ4v) is 0.798. The molecule has 0 saturated carbocycles. The predicted molar refractivity (Wildman–Crippen MR) is 43.6 cm³/mol. The van der Waals surface area contributed by atoms with Crippen LogP contribution in [-0.2, 0) is 0 Å². The van der Waals surface area contributed by atoms with Crippen LogP contribution in [0.3, 0.4) is 0 Å². The summed E-state index contributed by atoms with van der Waals surface area (Å²) in [6, 6.07) is 6.52. The molecule has 0 amide bonds. The molecule has 0 spiro atoms. The van der Waals surface area contributed by atoms with E-state index in [1.807, 2.05) is 5.43 Å². The average molecular weight is 168 g/mol. The van der Waals surface area contributed by atoms with Gasteiger partial charge in [0.2, 0.25) is 0 Å². The third-order valence-corrected chi connectivity index (χ3v) is 1.29. The first-order valence-corrected chi connectivity index (χ1v) is 3.27. The second-order valence-electron chi connectivity index (χ2n) is 2.10. The van der Waals surface area contributed by atoms with Crippen LogP contribution >= 0.6 is 0 Å². The molecule has 64 valence electrons. The summed E-state index contributed by atoms with van der Waals surface area (Å²) in [7, 11) is 1.51. The molecule has 0 saturated heterocycles. The van der Waals surface area contributed by atoms with Gasteiger partial charge in [-0.25, -0.2) is 10.1 Å². The van der Waals surface area contributed by atoms with Gasteiger partial charge in [0.1, 0.15) is 11.4 Å². The molecule has 0 aliphatic rings. The van der Waals surface area contributed by atoms with Gasteiger partial charge < -0.3 is 4.74 Å². The van der Waals surface area contributed by atoms with Gasteiger partial charge in [0.15, 0.2) is 5.03 Å². The Balaban J connectivity index is 2.79. The molecule has 0 heterocycles.